The van der Waals surface area contributed by atoms with E-state index >= 15 is 0 Å². The Kier molecular flexibility index (Phi) is 4.98. The minimum atomic E-state index is -1.23. The maximum Gasteiger partial charge on any atom is 0.161 e. The van der Waals surface area contributed by atoms with Gasteiger partial charge in [0.25, 0.3) is 0 Å². The number of methoxy groups -OCH3 is 1. The van der Waals surface area contributed by atoms with Gasteiger partial charge in [-0.25, -0.2) is 0 Å². The van der Waals surface area contributed by atoms with E-state index in [1.54, 1.807) is 30.3 Å². The summed E-state index contributed by atoms with van der Waals surface area (Å²) < 4.78 is 10.8. The van der Waals surface area contributed by atoms with Crippen LogP contribution < -0.4 is 14.6 Å². The topological polar surface area (TPSA) is 91.2 Å². The number of hydrogen-bond acceptors (Lipinski definition) is 6. The summed E-state index contributed by atoms with van der Waals surface area (Å²) in [5, 5.41) is 22.3. The van der Waals surface area contributed by atoms with Crippen LogP contribution in [0.1, 0.15) is 21.5 Å². The average molecular weight is 300 g/mol. The van der Waals surface area contributed by atoms with Gasteiger partial charge in [-0.1, -0.05) is 23.4 Å². The predicted molar refractivity (Wildman–Crippen MR) is 77.5 cm³/mol. The second kappa shape index (κ2) is 7.12. The number of ether oxygens (including phenoxy) is 2. The summed E-state index contributed by atoms with van der Waals surface area (Å²) in [6.45, 7) is 0.185. The van der Waals surface area contributed by atoms with Gasteiger partial charge in [0, 0.05) is 5.56 Å². The van der Waals surface area contributed by atoms with E-state index < -0.39 is 5.97 Å². The molecule has 0 unspecified atom stereocenters. The Bertz CT molecular complexity index is 697. The number of carboxylic acid groups (broad SMARTS) is 1. The molecule has 0 amide bonds. The second-order valence-electron chi connectivity index (χ2n) is 4.43. The molecule has 0 radical (unpaired) electrons. The van der Waals surface area contributed by atoms with Crippen LogP contribution in [0.25, 0.3) is 0 Å². The molecule has 0 aliphatic rings. The first-order valence-corrected chi connectivity index (χ1v) is 6.42. The normalized spacial score (nSPS) is 10.6. The number of nitrogens with zero attached hydrogens (tertiary/aromatic N) is 1. The summed E-state index contributed by atoms with van der Waals surface area (Å²) in [6, 6.07) is 11.4. The first-order valence-electron chi connectivity index (χ1n) is 6.42. The number of aromatic carboxylic acids is 1. The zero-order chi connectivity index (χ0) is 15.9. The van der Waals surface area contributed by atoms with E-state index in [-0.39, 0.29) is 12.2 Å². The summed E-state index contributed by atoms with van der Waals surface area (Å²) in [4.78, 5) is 10.8. The van der Waals surface area contributed by atoms with E-state index in [0.717, 1.165) is 0 Å². The fourth-order valence-corrected chi connectivity index (χ4v) is 1.90. The van der Waals surface area contributed by atoms with Gasteiger partial charge < -0.3 is 24.6 Å². The number of benzene rings is 2. The van der Waals surface area contributed by atoms with Crippen molar-refractivity contribution in [2.24, 2.45) is 5.16 Å². The van der Waals surface area contributed by atoms with Crippen molar-refractivity contribution in [1.82, 2.24) is 0 Å². The molecule has 114 valence electrons. The number of carbonyl (C=O) groups excluding carboxylic acids is 1. The van der Waals surface area contributed by atoms with Crippen LogP contribution in [0.4, 0.5) is 0 Å². The Balaban J connectivity index is 2.14. The molecule has 0 heterocycles. The van der Waals surface area contributed by atoms with Crippen LogP contribution in [-0.4, -0.2) is 24.5 Å². The third kappa shape index (κ3) is 3.76. The molecule has 0 saturated heterocycles. The Labute approximate surface area is 127 Å². The highest BCUT2D eigenvalue weighted by atomic mass is 16.5. The standard InChI is InChI=1S/C16H15NO5/c1-21-15-8-11(9-17-20)5-6-14(15)22-10-12-3-2-4-13(7-12)16(18)19/h2-9,20H,10H2,1H3,(H,18,19)/p-1/b17-9-. The van der Waals surface area contributed by atoms with E-state index in [1.165, 1.54) is 25.5 Å². The lowest BCUT2D eigenvalue weighted by atomic mass is 10.1. The fourth-order valence-electron chi connectivity index (χ4n) is 1.90. The molecule has 6 nitrogen and oxygen atoms in total. The molecule has 2 aromatic rings. The molecule has 1 N–H and O–H groups in total. The van der Waals surface area contributed by atoms with Crippen LogP contribution >= 0.6 is 0 Å². The largest absolute Gasteiger partial charge is 0.545 e. The fraction of sp³-hybridized carbons (Fsp3) is 0.125. The van der Waals surface area contributed by atoms with Crippen LogP contribution in [-0.2, 0) is 6.61 Å². The van der Waals surface area contributed by atoms with E-state index in [1.807, 2.05) is 0 Å². The smallest absolute Gasteiger partial charge is 0.161 e. The van der Waals surface area contributed by atoms with Crippen LogP contribution in [0.15, 0.2) is 47.6 Å². The van der Waals surface area contributed by atoms with Gasteiger partial charge in [0.15, 0.2) is 11.5 Å². The number of hydrogen-bond donors (Lipinski definition) is 1. The van der Waals surface area contributed by atoms with Crippen LogP contribution in [0.3, 0.4) is 0 Å². The summed E-state index contributed by atoms with van der Waals surface area (Å²) in [7, 11) is 1.50. The van der Waals surface area contributed by atoms with Gasteiger partial charge in [0.05, 0.1) is 19.3 Å². The molecule has 0 spiro atoms. The first kappa shape index (κ1) is 15.4. The quantitative estimate of drug-likeness (QED) is 0.495. The van der Waals surface area contributed by atoms with Gasteiger partial charge in [0.2, 0.25) is 0 Å². The summed E-state index contributed by atoms with van der Waals surface area (Å²) in [5.41, 5.74) is 1.46. The van der Waals surface area contributed by atoms with E-state index in [0.29, 0.717) is 22.6 Å². The third-order valence-corrected chi connectivity index (χ3v) is 2.95. The van der Waals surface area contributed by atoms with Crippen molar-refractivity contribution in [3.05, 3.63) is 59.2 Å². The minimum absolute atomic E-state index is 0.0996. The molecule has 0 fully saturated rings. The van der Waals surface area contributed by atoms with E-state index in [4.69, 9.17) is 14.7 Å². The minimum Gasteiger partial charge on any atom is -0.545 e. The lowest BCUT2D eigenvalue weighted by Crippen LogP contribution is -2.22. The summed E-state index contributed by atoms with van der Waals surface area (Å²) in [6.07, 6.45) is 1.27. The number of carbonyl (C=O) groups is 1. The molecule has 0 aliphatic carbocycles. The maximum atomic E-state index is 10.8. The molecule has 2 rings (SSSR count). The molecule has 22 heavy (non-hydrogen) atoms. The van der Waals surface area contributed by atoms with Gasteiger partial charge in [-0.2, -0.15) is 0 Å². The molecule has 0 atom stereocenters. The van der Waals surface area contributed by atoms with Crippen molar-refractivity contribution in [3.8, 4) is 11.5 Å². The van der Waals surface area contributed by atoms with Gasteiger partial charge in [-0.05, 0) is 35.4 Å². The highest BCUT2D eigenvalue weighted by Gasteiger charge is 2.06. The van der Waals surface area contributed by atoms with Crippen LogP contribution in [0.5, 0.6) is 11.5 Å². The Morgan fingerprint density at radius 2 is 2.09 bits per heavy atom. The number of rotatable bonds is 6. The molecule has 0 aliphatic heterocycles. The Morgan fingerprint density at radius 3 is 2.77 bits per heavy atom. The van der Waals surface area contributed by atoms with Gasteiger partial charge in [-0.15, -0.1) is 0 Å². The van der Waals surface area contributed by atoms with E-state index in [9.17, 15) is 9.90 Å². The zero-order valence-electron chi connectivity index (χ0n) is 11.9. The highest BCUT2D eigenvalue weighted by Crippen LogP contribution is 2.28. The van der Waals surface area contributed by atoms with Crippen LogP contribution in [0, 0.1) is 0 Å². The van der Waals surface area contributed by atoms with Gasteiger partial charge >= 0.3 is 0 Å². The second-order valence-corrected chi connectivity index (χ2v) is 4.43. The molecule has 2 aromatic carbocycles. The summed E-state index contributed by atoms with van der Waals surface area (Å²) in [5.74, 6) is -0.253. The SMILES string of the molecule is COc1cc(/C=N\O)ccc1OCc1cccc(C(=O)[O-])c1. The molecular weight excluding hydrogens is 286 g/mol. The molecule has 6 heteroatoms. The van der Waals surface area contributed by atoms with Crippen molar-refractivity contribution in [1.29, 1.82) is 0 Å². The maximum absolute atomic E-state index is 10.8. The summed E-state index contributed by atoms with van der Waals surface area (Å²) >= 11 is 0. The number of oxime groups is 1. The first-order chi connectivity index (χ1) is 10.6. The van der Waals surface area contributed by atoms with Crippen molar-refractivity contribution in [3.63, 3.8) is 0 Å². The van der Waals surface area contributed by atoms with Gasteiger partial charge in [-0.3, -0.25) is 0 Å². The highest BCUT2D eigenvalue weighted by molar-refractivity contribution is 5.85. The molecular formula is C16H14NO5-. The lowest BCUT2D eigenvalue weighted by Gasteiger charge is -2.12. The lowest BCUT2D eigenvalue weighted by molar-refractivity contribution is -0.255. The van der Waals surface area contributed by atoms with Gasteiger partial charge in [0.1, 0.15) is 6.61 Å². The van der Waals surface area contributed by atoms with Crippen molar-refractivity contribution < 1.29 is 24.6 Å². The zero-order valence-corrected chi connectivity index (χ0v) is 11.9. The van der Waals surface area contributed by atoms with E-state index in [2.05, 4.69) is 5.16 Å². The molecule has 0 saturated carbocycles. The van der Waals surface area contributed by atoms with Crippen LogP contribution in [0.2, 0.25) is 0 Å². The third-order valence-electron chi connectivity index (χ3n) is 2.95. The number of carboxylic acids is 1. The molecule has 0 bridgehead atoms. The Morgan fingerprint density at radius 1 is 1.27 bits per heavy atom. The average Bonchev–Trinajstić information content (AvgIpc) is 2.54. The van der Waals surface area contributed by atoms with Crippen molar-refractivity contribution >= 4 is 12.2 Å². The monoisotopic (exact) mass is 300 g/mol. The Hall–Kier alpha value is -3.02. The predicted octanol–water partition coefficient (Wildman–Crippen LogP) is 1.45. The van der Waals surface area contributed by atoms with Crippen molar-refractivity contribution in [2.75, 3.05) is 7.11 Å². The van der Waals surface area contributed by atoms with Crippen molar-refractivity contribution in [2.45, 2.75) is 6.61 Å². The molecule has 0 aromatic heterocycles.